The fraction of sp³-hybridized carbons (Fsp3) is 0.797. The molecule has 9 nitrogen and oxygen atoms in total. The van der Waals surface area contributed by atoms with Crippen molar-refractivity contribution >= 4 is 19.8 Å². The maximum atomic E-state index is 12.8. The molecule has 0 bridgehead atoms. The topological polar surface area (TPSA) is 134 Å². The number of phosphoric ester groups is 1. The molecule has 0 aliphatic rings. The SMILES string of the molecule is CCCCCCC/C=C\C/C=C\C/C=C\CCCCCCCCCCCCCCCCC(=O)OCC(COP(=O)(O)OCCN)OC(=O)CCCCCCCCCCCCCCCC/C=C\C/C=C\C/C=C\CCCCCCC. The van der Waals surface area contributed by atoms with Crippen LogP contribution in [-0.2, 0) is 32.7 Å². The zero-order valence-electron chi connectivity index (χ0n) is 51.6. The van der Waals surface area contributed by atoms with Crippen LogP contribution >= 0.6 is 7.82 Å². The first kappa shape index (κ1) is 76.5. The van der Waals surface area contributed by atoms with Gasteiger partial charge >= 0.3 is 19.8 Å². The van der Waals surface area contributed by atoms with Crippen molar-refractivity contribution in [2.75, 3.05) is 26.4 Å². The van der Waals surface area contributed by atoms with Crippen molar-refractivity contribution in [3.8, 4) is 0 Å². The number of phosphoric acid groups is 1. The molecule has 0 rings (SSSR count). The van der Waals surface area contributed by atoms with E-state index in [0.717, 1.165) is 64.2 Å². The molecule has 2 unspecified atom stereocenters. The molecule has 79 heavy (non-hydrogen) atoms. The fourth-order valence-corrected chi connectivity index (χ4v) is 10.4. The predicted octanol–water partition coefficient (Wildman–Crippen LogP) is 21.6. The number of carbonyl (C=O) groups excluding carboxylic acids is 2. The summed E-state index contributed by atoms with van der Waals surface area (Å²) >= 11 is 0. The lowest BCUT2D eigenvalue weighted by atomic mass is 10.0. The van der Waals surface area contributed by atoms with Crippen LogP contribution in [0.3, 0.4) is 0 Å². The van der Waals surface area contributed by atoms with Crippen molar-refractivity contribution in [3.63, 3.8) is 0 Å². The van der Waals surface area contributed by atoms with Gasteiger partial charge in [-0.3, -0.25) is 18.6 Å². The van der Waals surface area contributed by atoms with E-state index in [2.05, 4.69) is 86.8 Å². The summed E-state index contributed by atoms with van der Waals surface area (Å²) in [5.41, 5.74) is 5.40. The van der Waals surface area contributed by atoms with Crippen LogP contribution in [0.25, 0.3) is 0 Å². The van der Waals surface area contributed by atoms with E-state index in [1.165, 1.54) is 225 Å². The van der Waals surface area contributed by atoms with Crippen molar-refractivity contribution in [2.45, 2.75) is 328 Å². The molecule has 0 aromatic rings. The molecule has 0 aromatic heterocycles. The maximum absolute atomic E-state index is 12.8. The number of rotatable bonds is 63. The largest absolute Gasteiger partial charge is 0.472 e. The molecule has 0 aromatic carbocycles. The summed E-state index contributed by atoms with van der Waals surface area (Å²) < 4.78 is 33.2. The number of carbonyl (C=O) groups is 2. The van der Waals surface area contributed by atoms with Crippen molar-refractivity contribution in [3.05, 3.63) is 72.9 Å². The van der Waals surface area contributed by atoms with Crippen LogP contribution in [-0.4, -0.2) is 49.3 Å². The Bertz CT molecular complexity index is 1520. The third-order valence-electron chi connectivity index (χ3n) is 14.6. The number of unbranched alkanes of at least 4 members (excludes halogenated alkanes) is 38. The van der Waals surface area contributed by atoms with Gasteiger partial charge in [0.25, 0.3) is 0 Å². The van der Waals surface area contributed by atoms with Gasteiger partial charge in [-0.2, -0.15) is 0 Å². The smallest absolute Gasteiger partial charge is 0.462 e. The number of esters is 2. The van der Waals surface area contributed by atoms with E-state index in [9.17, 15) is 19.0 Å². The minimum atomic E-state index is -4.39. The summed E-state index contributed by atoms with van der Waals surface area (Å²) in [4.78, 5) is 35.3. The molecule has 0 aliphatic heterocycles. The Kier molecular flexibility index (Phi) is 62.5. The Morgan fingerprint density at radius 3 is 0.975 bits per heavy atom. The molecule has 0 spiro atoms. The third-order valence-corrected chi connectivity index (χ3v) is 15.5. The molecular weight excluding hydrogens is 1000 g/mol. The minimum Gasteiger partial charge on any atom is -0.462 e. The van der Waals surface area contributed by atoms with Crippen molar-refractivity contribution in [2.24, 2.45) is 5.73 Å². The van der Waals surface area contributed by atoms with Gasteiger partial charge in [0.05, 0.1) is 13.2 Å². The zero-order chi connectivity index (χ0) is 57.3. The normalized spacial score (nSPS) is 13.4. The van der Waals surface area contributed by atoms with Gasteiger partial charge in [-0.1, -0.05) is 292 Å². The summed E-state index contributed by atoms with van der Waals surface area (Å²) in [6, 6.07) is 0. The highest BCUT2D eigenvalue weighted by molar-refractivity contribution is 7.47. The number of ether oxygens (including phenoxy) is 2. The Morgan fingerprint density at radius 1 is 0.380 bits per heavy atom. The van der Waals surface area contributed by atoms with Gasteiger partial charge < -0.3 is 20.1 Å². The van der Waals surface area contributed by atoms with Gasteiger partial charge in [-0.15, -0.1) is 0 Å². The number of hydrogen-bond donors (Lipinski definition) is 2. The molecule has 0 fully saturated rings. The molecule has 0 heterocycles. The lowest BCUT2D eigenvalue weighted by molar-refractivity contribution is -0.161. The maximum Gasteiger partial charge on any atom is 0.472 e. The first-order valence-corrected chi connectivity index (χ1v) is 34.9. The molecule has 0 radical (unpaired) electrons. The summed E-state index contributed by atoms with van der Waals surface area (Å²) in [6.45, 7) is 3.76. The third kappa shape index (κ3) is 64.5. The van der Waals surface area contributed by atoms with E-state index >= 15 is 0 Å². The highest BCUT2D eigenvalue weighted by Crippen LogP contribution is 2.43. The number of nitrogens with two attached hydrogens (primary N) is 1. The van der Waals surface area contributed by atoms with Crippen molar-refractivity contribution in [1.82, 2.24) is 0 Å². The first-order valence-electron chi connectivity index (χ1n) is 33.4. The molecule has 3 N–H and O–H groups in total. The second kappa shape index (κ2) is 64.6. The molecule has 0 saturated heterocycles. The Labute approximate surface area is 488 Å². The van der Waals surface area contributed by atoms with Crippen LogP contribution in [0.15, 0.2) is 72.9 Å². The average molecular weight is 1130 g/mol. The first-order chi connectivity index (χ1) is 38.8. The van der Waals surface area contributed by atoms with Crippen LogP contribution in [0.2, 0.25) is 0 Å². The van der Waals surface area contributed by atoms with Crippen LogP contribution in [0.4, 0.5) is 0 Å². The zero-order valence-corrected chi connectivity index (χ0v) is 52.5. The van der Waals surface area contributed by atoms with Gasteiger partial charge in [0, 0.05) is 19.4 Å². The summed E-state index contributed by atoms with van der Waals surface area (Å²) in [5, 5.41) is 0. The van der Waals surface area contributed by atoms with E-state index in [4.69, 9.17) is 24.3 Å². The van der Waals surface area contributed by atoms with E-state index in [-0.39, 0.29) is 38.6 Å². The van der Waals surface area contributed by atoms with Gasteiger partial charge in [0.15, 0.2) is 6.10 Å². The second-order valence-corrected chi connectivity index (χ2v) is 23.8. The van der Waals surface area contributed by atoms with Crippen molar-refractivity contribution in [1.29, 1.82) is 0 Å². The lowest BCUT2D eigenvalue weighted by Gasteiger charge is -2.19. The molecular formula is C69H126NO8P. The second-order valence-electron chi connectivity index (χ2n) is 22.3. The molecule has 2 atom stereocenters. The molecule has 0 aliphatic carbocycles. The minimum absolute atomic E-state index is 0.0520. The van der Waals surface area contributed by atoms with Gasteiger partial charge in [0.2, 0.25) is 0 Å². The van der Waals surface area contributed by atoms with Gasteiger partial charge in [-0.05, 0) is 89.9 Å². The lowest BCUT2D eigenvalue weighted by Crippen LogP contribution is -2.29. The molecule has 10 heteroatoms. The van der Waals surface area contributed by atoms with Crippen LogP contribution in [0.1, 0.15) is 322 Å². The molecule has 0 saturated carbocycles. The highest BCUT2D eigenvalue weighted by Gasteiger charge is 2.26. The standard InChI is InChI=1S/C69H126NO8P/c1-3-5-7-9-11-13-15-17-19-21-23-25-27-29-31-33-35-37-39-41-43-45-47-49-51-53-55-57-59-61-68(71)75-65-67(66-77-79(73,74)76-64-63-70)78-69(72)62-60-58-56-54-52-50-48-46-44-42-40-38-36-34-32-30-28-26-24-22-20-18-16-14-12-10-8-6-4-2/h15-18,21-24,27-30,67H,3-14,19-20,25-26,31-66,70H2,1-2H3,(H,73,74)/b17-15-,18-16-,23-21-,24-22-,29-27-,30-28-. The van der Waals surface area contributed by atoms with E-state index < -0.39 is 26.5 Å². The van der Waals surface area contributed by atoms with E-state index in [0.29, 0.717) is 6.42 Å². The summed E-state index contributed by atoms with van der Waals surface area (Å²) in [5.74, 6) is -0.819. The molecule has 0 amide bonds. The highest BCUT2D eigenvalue weighted by atomic mass is 31.2. The molecule has 460 valence electrons. The van der Waals surface area contributed by atoms with Crippen LogP contribution in [0.5, 0.6) is 0 Å². The van der Waals surface area contributed by atoms with Gasteiger partial charge in [-0.25, -0.2) is 4.57 Å². The number of allylic oxidation sites excluding steroid dienone is 12. The summed E-state index contributed by atoms with van der Waals surface area (Å²) in [6.07, 6.45) is 84.0. The van der Waals surface area contributed by atoms with Gasteiger partial charge in [0.1, 0.15) is 6.61 Å². The van der Waals surface area contributed by atoms with E-state index in [1.807, 2.05) is 0 Å². The van der Waals surface area contributed by atoms with E-state index in [1.54, 1.807) is 0 Å². The van der Waals surface area contributed by atoms with Crippen molar-refractivity contribution < 1.29 is 37.6 Å². The Hall–Kier alpha value is -2.55. The van der Waals surface area contributed by atoms with Crippen LogP contribution in [0, 0.1) is 0 Å². The Balaban J connectivity index is 3.90. The Morgan fingerprint density at radius 2 is 0.658 bits per heavy atom. The fourth-order valence-electron chi connectivity index (χ4n) is 9.59. The van der Waals surface area contributed by atoms with Crippen LogP contribution < -0.4 is 5.73 Å². The quantitative estimate of drug-likeness (QED) is 0.0264. The summed E-state index contributed by atoms with van der Waals surface area (Å²) in [7, 11) is -4.39. The number of hydrogen-bond acceptors (Lipinski definition) is 8. The average Bonchev–Trinajstić information content (AvgIpc) is 3.44. The predicted molar refractivity (Wildman–Crippen MR) is 339 cm³/mol. The monoisotopic (exact) mass is 1130 g/mol.